The maximum Gasteiger partial charge on any atom is 0.108 e. The molecule has 3 nitrogen and oxygen atoms in total. The first kappa shape index (κ1) is 9.71. The highest BCUT2D eigenvalue weighted by Gasteiger charge is 2.14. The van der Waals surface area contributed by atoms with Crippen molar-refractivity contribution in [3.05, 3.63) is 18.2 Å². The lowest BCUT2D eigenvalue weighted by Crippen LogP contribution is -2.32. The van der Waals surface area contributed by atoms with E-state index in [4.69, 9.17) is 0 Å². The molecule has 3 heteroatoms. The molecule has 1 fully saturated rings. The molecule has 2 rings (SSSR count). The summed E-state index contributed by atoms with van der Waals surface area (Å²) in [6.45, 7) is 5.66. The Balaban J connectivity index is 1.95. The van der Waals surface area contributed by atoms with Gasteiger partial charge in [0.2, 0.25) is 0 Å². The maximum atomic E-state index is 4.34. The van der Waals surface area contributed by atoms with Crippen LogP contribution in [0.3, 0.4) is 0 Å². The summed E-state index contributed by atoms with van der Waals surface area (Å²) in [5.41, 5.74) is 0. The third-order valence-corrected chi connectivity index (χ3v) is 2.97. The van der Waals surface area contributed by atoms with Gasteiger partial charge in [0.1, 0.15) is 5.82 Å². The summed E-state index contributed by atoms with van der Waals surface area (Å²) in [6, 6.07) is 0. The summed E-state index contributed by atoms with van der Waals surface area (Å²) in [7, 11) is 0. The SMILES string of the molecule is CCc1nccn1C[C@@H]1CCCNC1. The molecule has 1 atom stereocenters. The van der Waals surface area contributed by atoms with E-state index in [9.17, 15) is 0 Å². The third-order valence-electron chi connectivity index (χ3n) is 2.97. The van der Waals surface area contributed by atoms with Crippen LogP contribution < -0.4 is 5.32 Å². The Morgan fingerprint density at radius 3 is 3.29 bits per heavy atom. The fraction of sp³-hybridized carbons (Fsp3) is 0.727. The lowest BCUT2D eigenvalue weighted by atomic mass is 10.00. The van der Waals surface area contributed by atoms with Gasteiger partial charge in [-0.1, -0.05) is 6.92 Å². The van der Waals surface area contributed by atoms with Crippen molar-refractivity contribution in [2.45, 2.75) is 32.7 Å². The van der Waals surface area contributed by atoms with Crippen LogP contribution in [0.5, 0.6) is 0 Å². The molecule has 2 heterocycles. The van der Waals surface area contributed by atoms with E-state index in [1.807, 2.05) is 6.20 Å². The Morgan fingerprint density at radius 1 is 1.64 bits per heavy atom. The molecule has 14 heavy (non-hydrogen) atoms. The smallest absolute Gasteiger partial charge is 0.108 e. The molecule has 0 bridgehead atoms. The minimum Gasteiger partial charge on any atom is -0.335 e. The Kier molecular flexibility index (Phi) is 3.19. The molecule has 0 aromatic carbocycles. The van der Waals surface area contributed by atoms with Crippen LogP contribution in [0.1, 0.15) is 25.6 Å². The molecular formula is C11H19N3. The van der Waals surface area contributed by atoms with Crippen LogP contribution in [-0.4, -0.2) is 22.6 Å². The predicted octanol–water partition coefficient (Wildman–Crippen LogP) is 1.45. The van der Waals surface area contributed by atoms with Gasteiger partial charge in [-0.3, -0.25) is 0 Å². The molecule has 0 spiro atoms. The van der Waals surface area contributed by atoms with E-state index in [1.54, 1.807) is 0 Å². The maximum absolute atomic E-state index is 4.34. The standard InChI is InChI=1S/C11H19N3/c1-2-11-13-6-7-14(11)9-10-4-3-5-12-8-10/h6-7,10,12H,2-5,8-9H2,1H3/t10-/m1/s1. The largest absolute Gasteiger partial charge is 0.335 e. The van der Waals surface area contributed by atoms with Gasteiger partial charge in [-0.2, -0.15) is 0 Å². The van der Waals surface area contributed by atoms with Crippen LogP contribution in [0.2, 0.25) is 0 Å². The van der Waals surface area contributed by atoms with Crippen molar-refractivity contribution in [2.75, 3.05) is 13.1 Å². The zero-order valence-electron chi connectivity index (χ0n) is 8.87. The topological polar surface area (TPSA) is 29.9 Å². The summed E-state index contributed by atoms with van der Waals surface area (Å²) in [6.07, 6.45) is 7.73. The second kappa shape index (κ2) is 4.60. The van der Waals surface area contributed by atoms with Gasteiger partial charge < -0.3 is 9.88 Å². The van der Waals surface area contributed by atoms with Gasteiger partial charge in [0.25, 0.3) is 0 Å². The molecule has 1 aliphatic rings. The van der Waals surface area contributed by atoms with Gasteiger partial charge in [-0.15, -0.1) is 0 Å². The van der Waals surface area contributed by atoms with Gasteiger partial charge in [0.15, 0.2) is 0 Å². The van der Waals surface area contributed by atoms with Crippen molar-refractivity contribution in [2.24, 2.45) is 5.92 Å². The first-order valence-corrected chi connectivity index (χ1v) is 5.61. The van der Waals surface area contributed by atoms with E-state index >= 15 is 0 Å². The highest BCUT2D eigenvalue weighted by atomic mass is 15.1. The minimum absolute atomic E-state index is 0.795. The number of nitrogens with one attached hydrogen (secondary N) is 1. The lowest BCUT2D eigenvalue weighted by molar-refractivity contribution is 0.334. The number of rotatable bonds is 3. The first-order chi connectivity index (χ1) is 6.90. The second-order valence-corrected chi connectivity index (χ2v) is 4.06. The highest BCUT2D eigenvalue weighted by molar-refractivity contribution is 4.92. The Labute approximate surface area is 85.5 Å². The number of nitrogens with zero attached hydrogens (tertiary/aromatic N) is 2. The number of hydrogen-bond donors (Lipinski definition) is 1. The predicted molar refractivity (Wildman–Crippen MR) is 57.2 cm³/mol. The molecule has 1 saturated heterocycles. The zero-order chi connectivity index (χ0) is 9.80. The Hall–Kier alpha value is -0.830. The third kappa shape index (κ3) is 2.15. The van der Waals surface area contributed by atoms with Gasteiger partial charge in [0, 0.05) is 25.4 Å². The number of hydrogen-bond acceptors (Lipinski definition) is 2. The van der Waals surface area contributed by atoms with Crippen LogP contribution in [0, 0.1) is 5.92 Å². The van der Waals surface area contributed by atoms with Gasteiger partial charge in [0.05, 0.1) is 0 Å². The molecule has 1 N–H and O–H groups in total. The van der Waals surface area contributed by atoms with Crippen LogP contribution in [0.25, 0.3) is 0 Å². The summed E-state index contributed by atoms with van der Waals surface area (Å²) >= 11 is 0. The van der Waals surface area contributed by atoms with Crippen molar-refractivity contribution >= 4 is 0 Å². The molecule has 0 aliphatic carbocycles. The summed E-state index contributed by atoms with van der Waals surface area (Å²) in [4.78, 5) is 4.34. The van der Waals surface area contributed by atoms with Crippen LogP contribution in [0.15, 0.2) is 12.4 Å². The van der Waals surface area contributed by atoms with Crippen LogP contribution >= 0.6 is 0 Å². The molecule has 1 aliphatic heterocycles. The molecule has 0 unspecified atom stereocenters. The number of piperidine rings is 1. The fourth-order valence-electron chi connectivity index (χ4n) is 2.18. The number of aryl methyl sites for hydroxylation is 1. The van der Waals surface area contributed by atoms with Crippen molar-refractivity contribution < 1.29 is 0 Å². The van der Waals surface area contributed by atoms with Crippen molar-refractivity contribution in [3.63, 3.8) is 0 Å². The van der Waals surface area contributed by atoms with E-state index < -0.39 is 0 Å². The van der Waals surface area contributed by atoms with Gasteiger partial charge >= 0.3 is 0 Å². The quantitative estimate of drug-likeness (QED) is 0.787. The molecule has 0 amide bonds. The van der Waals surface area contributed by atoms with E-state index in [-0.39, 0.29) is 0 Å². The zero-order valence-corrected chi connectivity index (χ0v) is 8.87. The Morgan fingerprint density at radius 2 is 2.57 bits per heavy atom. The van der Waals surface area contributed by atoms with E-state index in [1.165, 1.54) is 31.8 Å². The van der Waals surface area contributed by atoms with E-state index in [2.05, 4.69) is 28.0 Å². The molecule has 78 valence electrons. The summed E-state index contributed by atoms with van der Waals surface area (Å²) < 4.78 is 2.30. The normalized spacial score (nSPS) is 22.5. The molecule has 1 aromatic rings. The number of imidazole rings is 1. The average Bonchev–Trinajstić information content (AvgIpc) is 2.67. The summed E-state index contributed by atoms with van der Waals surface area (Å²) in [5.74, 6) is 2.01. The van der Waals surface area contributed by atoms with Crippen molar-refractivity contribution in [3.8, 4) is 0 Å². The molecule has 0 saturated carbocycles. The first-order valence-electron chi connectivity index (χ1n) is 5.61. The van der Waals surface area contributed by atoms with Crippen molar-refractivity contribution in [1.29, 1.82) is 0 Å². The minimum atomic E-state index is 0.795. The highest BCUT2D eigenvalue weighted by Crippen LogP contribution is 2.13. The van der Waals surface area contributed by atoms with Crippen LogP contribution in [-0.2, 0) is 13.0 Å². The monoisotopic (exact) mass is 193 g/mol. The Bertz CT molecular complexity index is 274. The van der Waals surface area contributed by atoms with Gasteiger partial charge in [-0.05, 0) is 31.8 Å². The fourth-order valence-corrected chi connectivity index (χ4v) is 2.18. The lowest BCUT2D eigenvalue weighted by Gasteiger charge is -2.23. The second-order valence-electron chi connectivity index (χ2n) is 4.06. The molecular weight excluding hydrogens is 174 g/mol. The van der Waals surface area contributed by atoms with E-state index in [0.717, 1.165) is 18.9 Å². The van der Waals surface area contributed by atoms with Crippen LogP contribution in [0.4, 0.5) is 0 Å². The van der Waals surface area contributed by atoms with Crippen molar-refractivity contribution in [1.82, 2.24) is 14.9 Å². The summed E-state index contributed by atoms with van der Waals surface area (Å²) in [5, 5.41) is 3.45. The average molecular weight is 193 g/mol. The molecule has 0 radical (unpaired) electrons. The number of aromatic nitrogens is 2. The van der Waals surface area contributed by atoms with E-state index in [0.29, 0.717) is 0 Å². The molecule has 1 aromatic heterocycles. The van der Waals surface area contributed by atoms with Gasteiger partial charge in [-0.25, -0.2) is 4.98 Å².